The van der Waals surface area contributed by atoms with Crippen LogP contribution in [0.15, 0.2) is 40.6 Å². The summed E-state index contributed by atoms with van der Waals surface area (Å²) in [6, 6.07) is 9.79. The molecule has 2 heterocycles. The van der Waals surface area contributed by atoms with E-state index in [0.717, 1.165) is 24.2 Å². The number of benzene rings is 1. The van der Waals surface area contributed by atoms with Crippen molar-refractivity contribution >= 4 is 21.4 Å². The molecule has 1 N–H and O–H groups in total. The number of hydrogen-bond acceptors (Lipinski definition) is 4. The minimum atomic E-state index is -3.50. The quantitative estimate of drug-likeness (QED) is 0.854. The number of hydrogen-bond donors (Lipinski definition) is 1. The van der Waals surface area contributed by atoms with Gasteiger partial charge in [0.25, 0.3) is 0 Å². The van der Waals surface area contributed by atoms with E-state index in [1.807, 2.05) is 32.0 Å². The van der Waals surface area contributed by atoms with Crippen molar-refractivity contribution in [1.82, 2.24) is 9.62 Å². The first kappa shape index (κ1) is 17.6. The molecule has 1 aromatic heterocycles. The molecule has 0 bridgehead atoms. The second-order valence-electron chi connectivity index (χ2n) is 6.40. The lowest BCUT2D eigenvalue weighted by Gasteiger charge is -2.27. The van der Waals surface area contributed by atoms with Crippen molar-refractivity contribution in [2.45, 2.75) is 37.6 Å². The van der Waals surface area contributed by atoms with E-state index >= 15 is 0 Å². The summed E-state index contributed by atoms with van der Waals surface area (Å²) in [6.45, 7) is 6.24. The molecule has 6 heteroatoms. The fourth-order valence-electron chi connectivity index (χ4n) is 3.21. The minimum absolute atomic E-state index is 0.118. The molecule has 1 atom stereocenters. The highest BCUT2D eigenvalue weighted by Crippen LogP contribution is 2.28. The molecule has 1 aromatic carbocycles. The molecule has 2 aromatic rings. The van der Waals surface area contributed by atoms with Gasteiger partial charge in [-0.25, -0.2) is 13.1 Å². The van der Waals surface area contributed by atoms with Crippen LogP contribution in [0.1, 0.15) is 34.9 Å². The third-order valence-corrected chi connectivity index (χ3v) is 7.09. The van der Waals surface area contributed by atoms with E-state index in [9.17, 15) is 8.42 Å². The molecule has 0 saturated carbocycles. The van der Waals surface area contributed by atoms with E-state index in [4.69, 9.17) is 0 Å². The Labute approximate surface area is 148 Å². The summed E-state index contributed by atoms with van der Waals surface area (Å²) in [5, 5.41) is 2.05. The van der Waals surface area contributed by atoms with E-state index in [0.29, 0.717) is 11.4 Å². The molecule has 1 aliphatic rings. The fourth-order valence-corrected chi connectivity index (χ4v) is 5.43. The maximum Gasteiger partial charge on any atom is 0.240 e. The smallest absolute Gasteiger partial charge is 0.240 e. The highest BCUT2D eigenvalue weighted by molar-refractivity contribution is 7.89. The predicted molar refractivity (Wildman–Crippen MR) is 99.0 cm³/mol. The Morgan fingerprint density at radius 1 is 1.21 bits per heavy atom. The van der Waals surface area contributed by atoms with Crippen LogP contribution in [-0.4, -0.2) is 33.0 Å². The SMILES string of the molecule is Cc1ccc(C)c(S(=O)(=O)NCC(c2cccs2)N2CCCC2)c1. The molecule has 3 rings (SSSR count). The number of nitrogens with one attached hydrogen (secondary N) is 1. The lowest BCUT2D eigenvalue weighted by Crippen LogP contribution is -2.36. The fraction of sp³-hybridized carbons (Fsp3) is 0.444. The lowest BCUT2D eigenvalue weighted by molar-refractivity contribution is 0.250. The Bertz CT molecular complexity index is 779. The van der Waals surface area contributed by atoms with Crippen LogP contribution in [0, 0.1) is 13.8 Å². The summed E-state index contributed by atoms with van der Waals surface area (Å²) in [4.78, 5) is 3.99. The Morgan fingerprint density at radius 3 is 2.62 bits per heavy atom. The van der Waals surface area contributed by atoms with Gasteiger partial charge in [-0.3, -0.25) is 4.90 Å². The second-order valence-corrected chi connectivity index (χ2v) is 9.11. The standard InChI is InChI=1S/C18H24N2O2S2/c1-14-7-8-15(2)18(12-14)24(21,22)19-13-16(17-6-5-11-23-17)20-9-3-4-10-20/h5-8,11-12,16,19H,3-4,9-10,13H2,1-2H3. The van der Waals surface area contributed by atoms with Gasteiger partial charge < -0.3 is 0 Å². The van der Waals surface area contributed by atoms with Gasteiger partial charge in [-0.2, -0.15) is 0 Å². The molecule has 0 spiro atoms. The van der Waals surface area contributed by atoms with Crippen LogP contribution in [0.3, 0.4) is 0 Å². The summed E-state index contributed by atoms with van der Waals surface area (Å²) < 4.78 is 28.4. The van der Waals surface area contributed by atoms with Crippen LogP contribution in [0.25, 0.3) is 0 Å². The third-order valence-electron chi connectivity index (χ3n) is 4.55. The third kappa shape index (κ3) is 3.88. The van der Waals surface area contributed by atoms with Crippen LogP contribution in [-0.2, 0) is 10.0 Å². The highest BCUT2D eigenvalue weighted by Gasteiger charge is 2.26. The van der Waals surface area contributed by atoms with Crippen molar-refractivity contribution in [2.75, 3.05) is 19.6 Å². The summed E-state index contributed by atoms with van der Waals surface area (Å²) in [5.74, 6) is 0. The molecular weight excluding hydrogens is 340 g/mol. The monoisotopic (exact) mass is 364 g/mol. The first-order valence-corrected chi connectivity index (χ1v) is 10.7. The van der Waals surface area contributed by atoms with Gasteiger partial charge in [-0.15, -0.1) is 11.3 Å². The van der Waals surface area contributed by atoms with Crippen LogP contribution in [0.4, 0.5) is 0 Å². The van der Waals surface area contributed by atoms with Gasteiger partial charge in [0.1, 0.15) is 0 Å². The maximum atomic E-state index is 12.8. The maximum absolute atomic E-state index is 12.8. The average molecular weight is 365 g/mol. The zero-order chi connectivity index (χ0) is 17.2. The van der Waals surface area contributed by atoms with Gasteiger partial charge in [0.05, 0.1) is 10.9 Å². The predicted octanol–water partition coefficient (Wildman–Crippen LogP) is 3.48. The first-order chi connectivity index (χ1) is 11.5. The number of rotatable bonds is 6. The van der Waals surface area contributed by atoms with E-state index in [1.54, 1.807) is 17.4 Å². The zero-order valence-corrected chi connectivity index (χ0v) is 15.8. The van der Waals surface area contributed by atoms with Gasteiger partial charge in [-0.05, 0) is 68.4 Å². The van der Waals surface area contributed by atoms with Crippen molar-refractivity contribution in [3.63, 3.8) is 0 Å². The molecule has 4 nitrogen and oxygen atoms in total. The topological polar surface area (TPSA) is 49.4 Å². The summed E-state index contributed by atoms with van der Waals surface area (Å²) in [7, 11) is -3.50. The Hall–Kier alpha value is -1.21. The minimum Gasteiger partial charge on any atom is -0.294 e. The van der Waals surface area contributed by atoms with E-state index < -0.39 is 10.0 Å². The number of aryl methyl sites for hydroxylation is 2. The molecule has 130 valence electrons. The number of likely N-dealkylation sites (tertiary alicyclic amines) is 1. The lowest BCUT2D eigenvalue weighted by atomic mass is 10.2. The Kier molecular flexibility index (Phi) is 5.39. The van der Waals surface area contributed by atoms with Crippen molar-refractivity contribution in [3.05, 3.63) is 51.7 Å². The van der Waals surface area contributed by atoms with Crippen LogP contribution in [0.5, 0.6) is 0 Å². The molecule has 1 unspecified atom stereocenters. The van der Waals surface area contributed by atoms with Gasteiger partial charge in [0.15, 0.2) is 0 Å². The molecule has 1 fully saturated rings. The van der Waals surface area contributed by atoms with Crippen molar-refractivity contribution < 1.29 is 8.42 Å². The van der Waals surface area contributed by atoms with Crippen molar-refractivity contribution in [3.8, 4) is 0 Å². The largest absolute Gasteiger partial charge is 0.294 e. The molecular formula is C18H24N2O2S2. The Balaban J connectivity index is 1.79. The Morgan fingerprint density at radius 2 is 1.96 bits per heavy atom. The van der Waals surface area contributed by atoms with Crippen LogP contribution < -0.4 is 4.72 Å². The highest BCUT2D eigenvalue weighted by atomic mass is 32.2. The number of sulfonamides is 1. The second kappa shape index (κ2) is 7.35. The summed E-state index contributed by atoms with van der Waals surface area (Å²) in [5.41, 5.74) is 1.73. The number of nitrogens with zero attached hydrogens (tertiary/aromatic N) is 1. The van der Waals surface area contributed by atoms with E-state index in [-0.39, 0.29) is 6.04 Å². The summed E-state index contributed by atoms with van der Waals surface area (Å²) >= 11 is 1.69. The van der Waals surface area contributed by atoms with Gasteiger partial charge in [0.2, 0.25) is 10.0 Å². The zero-order valence-electron chi connectivity index (χ0n) is 14.2. The molecule has 0 amide bonds. The molecule has 1 saturated heterocycles. The molecule has 0 radical (unpaired) electrons. The normalized spacial score (nSPS) is 17.2. The van der Waals surface area contributed by atoms with Gasteiger partial charge in [0, 0.05) is 11.4 Å². The van der Waals surface area contributed by atoms with E-state index in [2.05, 4.69) is 21.1 Å². The summed E-state index contributed by atoms with van der Waals surface area (Å²) in [6.07, 6.45) is 2.37. The van der Waals surface area contributed by atoms with Crippen molar-refractivity contribution in [2.24, 2.45) is 0 Å². The molecule has 24 heavy (non-hydrogen) atoms. The van der Waals surface area contributed by atoms with Gasteiger partial charge >= 0.3 is 0 Å². The molecule has 1 aliphatic heterocycles. The van der Waals surface area contributed by atoms with Gasteiger partial charge in [-0.1, -0.05) is 18.2 Å². The van der Waals surface area contributed by atoms with E-state index in [1.165, 1.54) is 17.7 Å². The average Bonchev–Trinajstić information content (AvgIpc) is 3.23. The van der Waals surface area contributed by atoms with Crippen LogP contribution >= 0.6 is 11.3 Å². The van der Waals surface area contributed by atoms with Crippen LogP contribution in [0.2, 0.25) is 0 Å². The van der Waals surface area contributed by atoms with Crippen molar-refractivity contribution in [1.29, 1.82) is 0 Å². The number of thiophene rings is 1. The molecule has 0 aliphatic carbocycles. The first-order valence-electron chi connectivity index (χ1n) is 8.32.